The van der Waals surface area contributed by atoms with Gasteiger partial charge in [0.05, 0.1) is 17.8 Å². The van der Waals surface area contributed by atoms with Crippen LogP contribution in [0.2, 0.25) is 0 Å². The molecule has 0 aromatic carbocycles. The zero-order valence-corrected chi connectivity index (χ0v) is 10.6. The van der Waals surface area contributed by atoms with Crippen LogP contribution in [-0.4, -0.2) is 15.9 Å². The van der Waals surface area contributed by atoms with E-state index in [0.717, 1.165) is 11.4 Å². The molecule has 0 saturated carbocycles. The van der Waals surface area contributed by atoms with Gasteiger partial charge < -0.3 is 10.7 Å². The first kappa shape index (κ1) is 13.0. The fraction of sp³-hybridized carbons (Fsp3) is 0.154. The van der Waals surface area contributed by atoms with Crippen molar-refractivity contribution in [3.63, 3.8) is 0 Å². The molecule has 2 aromatic heterocycles. The second-order valence-corrected chi connectivity index (χ2v) is 4.03. The maximum atomic E-state index is 11.9. The van der Waals surface area contributed by atoms with Crippen molar-refractivity contribution < 1.29 is 4.79 Å². The smallest absolute Gasteiger partial charge is 0.253 e. The van der Waals surface area contributed by atoms with E-state index in [-0.39, 0.29) is 5.91 Å². The maximum absolute atomic E-state index is 11.9. The van der Waals surface area contributed by atoms with Crippen molar-refractivity contribution in [2.75, 3.05) is 5.43 Å². The van der Waals surface area contributed by atoms with Crippen LogP contribution in [0.1, 0.15) is 21.7 Å². The Balaban J connectivity index is 1.97. The predicted octanol–water partition coefficient (Wildman–Crippen LogP) is 1.00. The molecule has 0 bridgehead atoms. The Labute approximate surface area is 111 Å². The number of rotatable bonds is 4. The van der Waals surface area contributed by atoms with Crippen LogP contribution in [0.4, 0.5) is 5.82 Å². The Bertz CT molecular complexity index is 568. The quantitative estimate of drug-likeness (QED) is 0.561. The summed E-state index contributed by atoms with van der Waals surface area (Å²) in [4.78, 5) is 20.2. The molecule has 0 aliphatic heterocycles. The van der Waals surface area contributed by atoms with E-state index in [1.165, 1.54) is 6.20 Å². The SMILES string of the molecule is Cc1cccc(CNC(=O)c2ccc(NN)nc2)n1. The summed E-state index contributed by atoms with van der Waals surface area (Å²) in [6.45, 7) is 2.30. The fourth-order valence-electron chi connectivity index (χ4n) is 1.58. The summed E-state index contributed by atoms with van der Waals surface area (Å²) in [5.74, 6) is 5.52. The summed E-state index contributed by atoms with van der Waals surface area (Å²) in [5.41, 5.74) is 4.63. The summed E-state index contributed by atoms with van der Waals surface area (Å²) in [6.07, 6.45) is 1.47. The number of nitrogens with two attached hydrogens (primary N) is 1. The van der Waals surface area contributed by atoms with Gasteiger partial charge >= 0.3 is 0 Å². The largest absolute Gasteiger partial charge is 0.346 e. The van der Waals surface area contributed by atoms with E-state index in [9.17, 15) is 4.79 Å². The molecular weight excluding hydrogens is 242 g/mol. The number of pyridine rings is 2. The Morgan fingerprint density at radius 3 is 2.79 bits per heavy atom. The number of nitrogens with one attached hydrogen (secondary N) is 2. The van der Waals surface area contributed by atoms with Crippen molar-refractivity contribution in [3.8, 4) is 0 Å². The molecule has 4 N–H and O–H groups in total. The average Bonchev–Trinajstić information content (AvgIpc) is 2.45. The van der Waals surface area contributed by atoms with Crippen molar-refractivity contribution in [2.24, 2.45) is 5.84 Å². The van der Waals surface area contributed by atoms with Crippen LogP contribution in [-0.2, 0) is 6.54 Å². The lowest BCUT2D eigenvalue weighted by molar-refractivity contribution is 0.0950. The van der Waals surface area contributed by atoms with Crippen molar-refractivity contribution in [3.05, 3.63) is 53.5 Å². The summed E-state index contributed by atoms with van der Waals surface area (Å²) in [7, 11) is 0. The highest BCUT2D eigenvalue weighted by molar-refractivity contribution is 5.93. The van der Waals surface area contributed by atoms with Gasteiger partial charge in [0.15, 0.2) is 0 Å². The van der Waals surface area contributed by atoms with Crippen LogP contribution < -0.4 is 16.6 Å². The molecule has 2 rings (SSSR count). The van der Waals surface area contributed by atoms with Gasteiger partial charge in [0.2, 0.25) is 0 Å². The standard InChI is InChI=1S/C13H15N5O/c1-9-3-2-4-11(17-9)8-16-13(19)10-5-6-12(18-14)15-7-10/h2-7H,8,14H2,1H3,(H,15,18)(H,16,19). The van der Waals surface area contributed by atoms with Gasteiger partial charge in [0.25, 0.3) is 5.91 Å². The number of amides is 1. The van der Waals surface area contributed by atoms with Gasteiger partial charge in [-0.25, -0.2) is 10.8 Å². The van der Waals surface area contributed by atoms with E-state index < -0.39 is 0 Å². The van der Waals surface area contributed by atoms with Gasteiger partial charge in [0, 0.05) is 11.9 Å². The molecule has 0 radical (unpaired) electrons. The third-order valence-corrected chi connectivity index (χ3v) is 2.55. The first-order valence-corrected chi connectivity index (χ1v) is 5.82. The first-order valence-electron chi connectivity index (χ1n) is 5.82. The Morgan fingerprint density at radius 1 is 1.32 bits per heavy atom. The summed E-state index contributed by atoms with van der Waals surface area (Å²) < 4.78 is 0. The highest BCUT2D eigenvalue weighted by atomic mass is 16.1. The molecule has 6 nitrogen and oxygen atoms in total. The van der Waals surface area contributed by atoms with Gasteiger partial charge in [-0.1, -0.05) is 6.07 Å². The minimum atomic E-state index is -0.195. The molecule has 2 heterocycles. The van der Waals surface area contributed by atoms with E-state index in [0.29, 0.717) is 17.9 Å². The van der Waals surface area contributed by atoms with Crippen LogP contribution in [0.15, 0.2) is 36.5 Å². The lowest BCUT2D eigenvalue weighted by Crippen LogP contribution is -2.23. The molecule has 0 atom stereocenters. The highest BCUT2D eigenvalue weighted by Crippen LogP contribution is 2.04. The zero-order valence-electron chi connectivity index (χ0n) is 10.6. The number of aromatic nitrogens is 2. The number of carbonyl (C=O) groups excluding carboxylic acids is 1. The number of aryl methyl sites for hydroxylation is 1. The molecule has 0 aliphatic rings. The number of nitrogen functional groups attached to an aromatic ring is 1. The second-order valence-electron chi connectivity index (χ2n) is 4.03. The number of nitrogens with zero attached hydrogens (tertiary/aromatic N) is 2. The monoisotopic (exact) mass is 257 g/mol. The van der Waals surface area contributed by atoms with E-state index >= 15 is 0 Å². The normalized spacial score (nSPS) is 10.0. The van der Waals surface area contributed by atoms with E-state index in [1.54, 1.807) is 12.1 Å². The number of carbonyl (C=O) groups is 1. The van der Waals surface area contributed by atoms with E-state index in [4.69, 9.17) is 5.84 Å². The van der Waals surface area contributed by atoms with Crippen LogP contribution >= 0.6 is 0 Å². The number of hydrogen-bond donors (Lipinski definition) is 3. The third kappa shape index (κ3) is 3.49. The van der Waals surface area contributed by atoms with Crippen LogP contribution in [0, 0.1) is 6.92 Å². The molecule has 0 unspecified atom stereocenters. The lowest BCUT2D eigenvalue weighted by atomic mass is 10.2. The molecule has 98 valence electrons. The third-order valence-electron chi connectivity index (χ3n) is 2.55. The van der Waals surface area contributed by atoms with Gasteiger partial charge in [-0.3, -0.25) is 9.78 Å². The van der Waals surface area contributed by atoms with Crippen molar-refractivity contribution in [1.82, 2.24) is 15.3 Å². The van der Waals surface area contributed by atoms with Crippen LogP contribution in [0.5, 0.6) is 0 Å². The Kier molecular flexibility index (Phi) is 4.04. The van der Waals surface area contributed by atoms with Gasteiger partial charge in [-0.05, 0) is 31.2 Å². The molecule has 0 spiro atoms. The Morgan fingerprint density at radius 2 is 2.16 bits per heavy atom. The zero-order chi connectivity index (χ0) is 13.7. The molecule has 0 aliphatic carbocycles. The topological polar surface area (TPSA) is 92.9 Å². The number of hydrazine groups is 1. The molecule has 1 amide bonds. The lowest BCUT2D eigenvalue weighted by Gasteiger charge is -2.06. The van der Waals surface area contributed by atoms with E-state index in [1.807, 2.05) is 25.1 Å². The second kappa shape index (κ2) is 5.92. The van der Waals surface area contributed by atoms with Crippen LogP contribution in [0.3, 0.4) is 0 Å². The van der Waals surface area contributed by atoms with E-state index in [2.05, 4.69) is 20.7 Å². The van der Waals surface area contributed by atoms with Crippen molar-refractivity contribution >= 4 is 11.7 Å². The van der Waals surface area contributed by atoms with Crippen molar-refractivity contribution in [1.29, 1.82) is 0 Å². The first-order chi connectivity index (χ1) is 9.19. The minimum absolute atomic E-state index is 0.195. The fourth-order valence-corrected chi connectivity index (χ4v) is 1.58. The maximum Gasteiger partial charge on any atom is 0.253 e. The summed E-state index contributed by atoms with van der Waals surface area (Å²) in [5, 5.41) is 2.79. The Hall–Kier alpha value is -2.47. The molecule has 6 heteroatoms. The minimum Gasteiger partial charge on any atom is -0.346 e. The highest BCUT2D eigenvalue weighted by Gasteiger charge is 2.06. The summed E-state index contributed by atoms with van der Waals surface area (Å²) >= 11 is 0. The summed E-state index contributed by atoms with van der Waals surface area (Å²) in [6, 6.07) is 8.98. The predicted molar refractivity (Wildman–Crippen MR) is 72.2 cm³/mol. The van der Waals surface area contributed by atoms with Gasteiger partial charge in [0.1, 0.15) is 5.82 Å². The molecule has 19 heavy (non-hydrogen) atoms. The van der Waals surface area contributed by atoms with Gasteiger partial charge in [-0.15, -0.1) is 0 Å². The average molecular weight is 257 g/mol. The molecule has 2 aromatic rings. The van der Waals surface area contributed by atoms with Gasteiger partial charge in [-0.2, -0.15) is 0 Å². The van der Waals surface area contributed by atoms with Crippen LogP contribution in [0.25, 0.3) is 0 Å². The molecule has 0 fully saturated rings. The number of anilines is 1. The van der Waals surface area contributed by atoms with Crippen molar-refractivity contribution in [2.45, 2.75) is 13.5 Å². The number of hydrogen-bond acceptors (Lipinski definition) is 5. The molecular formula is C13H15N5O. The molecule has 0 saturated heterocycles.